The summed E-state index contributed by atoms with van der Waals surface area (Å²) in [5.74, 6) is 1.16. The summed E-state index contributed by atoms with van der Waals surface area (Å²) in [5.41, 5.74) is 5.73. The smallest absolute Gasteiger partial charge is 0.197 e. The molecule has 6 heteroatoms. The molecule has 0 spiro atoms. The number of hydrogen-bond acceptors (Lipinski definition) is 6. The second kappa shape index (κ2) is 5.55. The summed E-state index contributed by atoms with van der Waals surface area (Å²) in [6, 6.07) is 0.470. The van der Waals surface area contributed by atoms with Crippen LogP contribution in [0.2, 0.25) is 0 Å². The average molecular weight is 256 g/mol. The van der Waals surface area contributed by atoms with Crippen LogP contribution in [0.15, 0.2) is 0 Å². The minimum atomic E-state index is 0.470. The third-order valence-electron chi connectivity index (χ3n) is 3.17. The van der Waals surface area contributed by atoms with E-state index in [1.807, 2.05) is 0 Å². The molecular formula is C11H20N4OS. The number of ether oxygens (including phenoxy) is 1. The van der Waals surface area contributed by atoms with Gasteiger partial charge < -0.3 is 20.7 Å². The highest BCUT2D eigenvalue weighted by Gasteiger charge is 2.21. The Morgan fingerprint density at radius 2 is 2.47 bits per heavy atom. The number of methoxy groups -OCH3 is 1. The van der Waals surface area contributed by atoms with Crippen LogP contribution < -0.4 is 15.8 Å². The van der Waals surface area contributed by atoms with Gasteiger partial charge in [-0.2, -0.15) is 4.37 Å². The van der Waals surface area contributed by atoms with E-state index in [4.69, 9.17) is 10.5 Å². The van der Waals surface area contributed by atoms with Gasteiger partial charge in [-0.05, 0) is 37.5 Å². The van der Waals surface area contributed by atoms with Gasteiger partial charge in [0.25, 0.3) is 0 Å². The topological polar surface area (TPSA) is 63.4 Å². The molecule has 1 aliphatic rings. The van der Waals surface area contributed by atoms with E-state index in [1.165, 1.54) is 30.9 Å². The maximum atomic E-state index is 5.73. The number of likely N-dealkylation sites (N-methyl/N-ethyl adjacent to an activating group) is 1. The summed E-state index contributed by atoms with van der Waals surface area (Å²) in [7, 11) is 1.63. The van der Waals surface area contributed by atoms with E-state index < -0.39 is 0 Å². The Labute approximate surface area is 106 Å². The number of likely N-dealkylation sites (tertiary alicyclic amines) is 1. The predicted octanol–water partition coefficient (Wildman–Crippen LogP) is 1.63. The minimum Gasteiger partial charge on any atom is -0.490 e. The van der Waals surface area contributed by atoms with Crippen molar-refractivity contribution in [3.8, 4) is 5.75 Å². The van der Waals surface area contributed by atoms with Gasteiger partial charge in [0.1, 0.15) is 0 Å². The summed E-state index contributed by atoms with van der Waals surface area (Å²) < 4.78 is 9.37. The fraction of sp³-hybridized carbons (Fsp3) is 0.727. The number of hydrogen-bond donors (Lipinski definition) is 2. The summed E-state index contributed by atoms with van der Waals surface area (Å²) in [6.07, 6.45) is 2.43. The van der Waals surface area contributed by atoms with Crippen molar-refractivity contribution < 1.29 is 4.74 Å². The van der Waals surface area contributed by atoms with Crippen molar-refractivity contribution in [1.29, 1.82) is 0 Å². The van der Waals surface area contributed by atoms with Crippen LogP contribution in [0.1, 0.15) is 19.8 Å². The summed E-state index contributed by atoms with van der Waals surface area (Å²) in [4.78, 5) is 2.46. The number of rotatable bonds is 4. The molecule has 2 rings (SSSR count). The third kappa shape index (κ3) is 2.81. The van der Waals surface area contributed by atoms with Crippen molar-refractivity contribution in [3.63, 3.8) is 0 Å². The molecule has 3 N–H and O–H groups in total. The fourth-order valence-electron chi connectivity index (χ4n) is 2.23. The average Bonchev–Trinajstić information content (AvgIpc) is 2.70. The Morgan fingerprint density at radius 3 is 3.18 bits per heavy atom. The molecule has 0 bridgehead atoms. The Morgan fingerprint density at radius 1 is 1.65 bits per heavy atom. The molecule has 1 saturated heterocycles. The number of nitrogens with one attached hydrogen (secondary N) is 1. The highest BCUT2D eigenvalue weighted by atomic mass is 32.1. The molecule has 0 amide bonds. The van der Waals surface area contributed by atoms with Crippen molar-refractivity contribution in [1.82, 2.24) is 9.27 Å². The van der Waals surface area contributed by atoms with Gasteiger partial charge in [-0.1, -0.05) is 6.92 Å². The number of nitrogens with zero attached hydrogens (tertiary/aromatic N) is 2. The number of aromatic nitrogens is 1. The molecule has 17 heavy (non-hydrogen) atoms. The van der Waals surface area contributed by atoms with Crippen molar-refractivity contribution in [2.75, 3.05) is 37.8 Å². The molecule has 0 radical (unpaired) electrons. The standard InChI is InChI=1S/C11H20N4OS/c1-3-15-6-4-5-8(7-15)13-11-9(16-2)10(12)14-17-11/h8,13H,3-7H2,1-2H3,(H2,12,14). The highest BCUT2D eigenvalue weighted by molar-refractivity contribution is 7.11. The number of anilines is 2. The third-order valence-corrected chi connectivity index (χ3v) is 3.94. The van der Waals surface area contributed by atoms with E-state index in [9.17, 15) is 0 Å². The highest BCUT2D eigenvalue weighted by Crippen LogP contribution is 2.35. The van der Waals surface area contributed by atoms with Gasteiger partial charge in [0.05, 0.1) is 7.11 Å². The van der Waals surface area contributed by atoms with Crippen LogP contribution in [0.5, 0.6) is 5.75 Å². The lowest BCUT2D eigenvalue weighted by molar-refractivity contribution is 0.227. The first-order valence-corrected chi connectivity index (χ1v) is 6.80. The largest absolute Gasteiger partial charge is 0.490 e. The van der Waals surface area contributed by atoms with Gasteiger partial charge in [0.15, 0.2) is 16.6 Å². The van der Waals surface area contributed by atoms with Crippen LogP contribution in [0, 0.1) is 0 Å². The number of piperidine rings is 1. The second-order valence-corrected chi connectivity index (χ2v) is 5.08. The Balaban J connectivity index is 2.00. The van der Waals surface area contributed by atoms with Crippen LogP contribution in [0.3, 0.4) is 0 Å². The van der Waals surface area contributed by atoms with Crippen molar-refractivity contribution in [3.05, 3.63) is 0 Å². The SMILES string of the molecule is CCN1CCCC(Nc2snc(N)c2OC)C1. The number of nitrogen functional groups attached to an aromatic ring is 1. The van der Waals surface area contributed by atoms with E-state index >= 15 is 0 Å². The van der Waals surface area contributed by atoms with Gasteiger partial charge in [0.2, 0.25) is 0 Å². The molecule has 0 aliphatic carbocycles. The zero-order chi connectivity index (χ0) is 12.3. The van der Waals surface area contributed by atoms with Crippen LogP contribution in [0.4, 0.5) is 10.8 Å². The quantitative estimate of drug-likeness (QED) is 0.857. The van der Waals surface area contributed by atoms with Gasteiger partial charge in [-0.3, -0.25) is 0 Å². The lowest BCUT2D eigenvalue weighted by atomic mass is 10.1. The Kier molecular flexibility index (Phi) is 4.06. The van der Waals surface area contributed by atoms with Crippen LogP contribution >= 0.6 is 11.5 Å². The first-order chi connectivity index (χ1) is 8.24. The molecule has 5 nitrogen and oxygen atoms in total. The summed E-state index contributed by atoms with van der Waals surface area (Å²) in [6.45, 7) is 5.60. The molecule has 1 atom stereocenters. The molecule has 1 unspecified atom stereocenters. The van der Waals surface area contributed by atoms with Crippen molar-refractivity contribution >= 4 is 22.4 Å². The van der Waals surface area contributed by atoms with Gasteiger partial charge >= 0.3 is 0 Å². The molecule has 2 heterocycles. The van der Waals surface area contributed by atoms with Crippen LogP contribution in [-0.4, -0.2) is 42.1 Å². The van der Waals surface area contributed by atoms with Gasteiger partial charge in [-0.25, -0.2) is 0 Å². The molecule has 1 aromatic heterocycles. The van der Waals surface area contributed by atoms with Crippen molar-refractivity contribution in [2.24, 2.45) is 0 Å². The maximum Gasteiger partial charge on any atom is 0.197 e. The molecule has 1 aliphatic heterocycles. The molecule has 1 fully saturated rings. The lowest BCUT2D eigenvalue weighted by Gasteiger charge is -2.32. The van der Waals surface area contributed by atoms with Crippen LogP contribution in [0.25, 0.3) is 0 Å². The monoisotopic (exact) mass is 256 g/mol. The Bertz CT molecular complexity index is 368. The van der Waals surface area contributed by atoms with E-state index in [-0.39, 0.29) is 0 Å². The number of nitrogens with two attached hydrogens (primary N) is 1. The van der Waals surface area contributed by atoms with Gasteiger partial charge in [-0.15, -0.1) is 0 Å². The lowest BCUT2D eigenvalue weighted by Crippen LogP contribution is -2.41. The zero-order valence-corrected chi connectivity index (χ0v) is 11.2. The molecule has 0 aromatic carbocycles. The summed E-state index contributed by atoms with van der Waals surface area (Å²) in [5, 5.41) is 4.45. The van der Waals surface area contributed by atoms with E-state index in [0.29, 0.717) is 17.6 Å². The molecule has 96 valence electrons. The van der Waals surface area contributed by atoms with Gasteiger partial charge in [0, 0.05) is 12.6 Å². The maximum absolute atomic E-state index is 5.73. The predicted molar refractivity (Wildman–Crippen MR) is 71.8 cm³/mol. The van der Waals surface area contributed by atoms with E-state index in [0.717, 1.165) is 18.1 Å². The van der Waals surface area contributed by atoms with Crippen LogP contribution in [-0.2, 0) is 0 Å². The first-order valence-electron chi connectivity index (χ1n) is 6.02. The molecule has 1 aromatic rings. The summed E-state index contributed by atoms with van der Waals surface area (Å²) >= 11 is 1.37. The second-order valence-electron chi connectivity index (χ2n) is 4.31. The molecular weight excluding hydrogens is 236 g/mol. The molecule has 0 saturated carbocycles. The Hall–Kier alpha value is -1.01. The fourth-order valence-corrected chi connectivity index (χ4v) is 2.99. The van der Waals surface area contributed by atoms with E-state index in [2.05, 4.69) is 21.5 Å². The van der Waals surface area contributed by atoms with E-state index in [1.54, 1.807) is 7.11 Å². The zero-order valence-electron chi connectivity index (χ0n) is 10.4. The first kappa shape index (κ1) is 12.4. The minimum absolute atomic E-state index is 0.470. The normalized spacial score (nSPS) is 21.4. The van der Waals surface area contributed by atoms with Crippen molar-refractivity contribution in [2.45, 2.75) is 25.8 Å².